The summed E-state index contributed by atoms with van der Waals surface area (Å²) in [5.74, 6) is -0.0114. The fraction of sp³-hybridized carbons (Fsp3) is 0.409. The maximum atomic E-state index is 12.6. The lowest BCUT2D eigenvalue weighted by Crippen LogP contribution is -2.36. The molecule has 1 heterocycles. The van der Waals surface area contributed by atoms with Gasteiger partial charge in [-0.05, 0) is 48.4 Å². The van der Waals surface area contributed by atoms with Crippen LogP contribution in [0.3, 0.4) is 0 Å². The largest absolute Gasteiger partial charge is 0.497 e. The topological polar surface area (TPSA) is 84.9 Å². The quantitative estimate of drug-likeness (QED) is 0.438. The molecule has 1 aromatic heterocycles. The lowest BCUT2D eigenvalue weighted by molar-refractivity contribution is -0.152. The highest BCUT2D eigenvalue weighted by atomic mass is 32.1. The fourth-order valence-corrected chi connectivity index (χ4v) is 3.60. The molecule has 2 amide bonds. The second kappa shape index (κ2) is 10.8. The molecule has 0 unspecified atom stereocenters. The van der Waals surface area contributed by atoms with E-state index in [9.17, 15) is 14.4 Å². The van der Waals surface area contributed by atoms with E-state index in [2.05, 4.69) is 5.32 Å². The molecule has 2 aromatic rings. The minimum absolute atomic E-state index is 0.152. The van der Waals surface area contributed by atoms with E-state index in [4.69, 9.17) is 9.47 Å². The molecule has 30 heavy (non-hydrogen) atoms. The van der Waals surface area contributed by atoms with Crippen LogP contribution < -0.4 is 10.1 Å². The second-order valence-electron chi connectivity index (χ2n) is 7.13. The first kappa shape index (κ1) is 21.8. The summed E-state index contributed by atoms with van der Waals surface area (Å²) in [5, 5.41) is 6.36. The van der Waals surface area contributed by atoms with Crippen LogP contribution in [-0.2, 0) is 20.9 Å². The van der Waals surface area contributed by atoms with Crippen LogP contribution >= 0.6 is 11.3 Å². The van der Waals surface area contributed by atoms with Crippen molar-refractivity contribution in [3.8, 4) is 5.75 Å². The molecule has 1 aliphatic carbocycles. The summed E-state index contributed by atoms with van der Waals surface area (Å²) in [5.41, 5.74) is 1.62. The van der Waals surface area contributed by atoms with E-state index in [-0.39, 0.29) is 30.9 Å². The SMILES string of the molecule is COc1ccc(CN(C(=O)COC(=O)CCCNC(=O)c2ccsc2)C2CC2)cc1. The molecule has 1 saturated carbocycles. The molecule has 7 nitrogen and oxygen atoms in total. The van der Waals surface area contributed by atoms with Crippen molar-refractivity contribution >= 4 is 29.1 Å². The van der Waals surface area contributed by atoms with Crippen molar-refractivity contribution in [2.75, 3.05) is 20.3 Å². The maximum absolute atomic E-state index is 12.6. The van der Waals surface area contributed by atoms with Gasteiger partial charge in [-0.3, -0.25) is 14.4 Å². The third kappa shape index (κ3) is 6.59. The summed E-state index contributed by atoms with van der Waals surface area (Å²) in [6.45, 7) is 0.607. The number of thiophene rings is 1. The van der Waals surface area contributed by atoms with E-state index in [1.807, 2.05) is 29.6 Å². The number of benzene rings is 1. The minimum Gasteiger partial charge on any atom is -0.497 e. The van der Waals surface area contributed by atoms with Crippen LogP contribution in [-0.4, -0.2) is 49.0 Å². The lowest BCUT2D eigenvalue weighted by atomic mass is 10.2. The summed E-state index contributed by atoms with van der Waals surface area (Å²) < 4.78 is 10.3. The average molecular weight is 431 g/mol. The first-order chi connectivity index (χ1) is 14.6. The number of methoxy groups -OCH3 is 1. The molecular formula is C22H26N2O5S. The van der Waals surface area contributed by atoms with E-state index in [0.29, 0.717) is 25.1 Å². The summed E-state index contributed by atoms with van der Waals surface area (Å²) in [6.07, 6.45) is 2.56. The lowest BCUT2D eigenvalue weighted by Gasteiger charge is -2.22. The van der Waals surface area contributed by atoms with Gasteiger partial charge in [0.1, 0.15) is 5.75 Å². The van der Waals surface area contributed by atoms with Crippen LogP contribution in [0.4, 0.5) is 0 Å². The number of carbonyl (C=O) groups is 3. The van der Waals surface area contributed by atoms with E-state index in [1.54, 1.807) is 23.5 Å². The van der Waals surface area contributed by atoms with Crippen LogP contribution in [0.5, 0.6) is 5.75 Å². The molecule has 1 aromatic carbocycles. The van der Waals surface area contributed by atoms with Crippen LogP contribution in [0.2, 0.25) is 0 Å². The molecular weight excluding hydrogens is 404 g/mol. The smallest absolute Gasteiger partial charge is 0.306 e. The predicted molar refractivity (Wildman–Crippen MR) is 113 cm³/mol. The van der Waals surface area contributed by atoms with Gasteiger partial charge in [0.25, 0.3) is 11.8 Å². The maximum Gasteiger partial charge on any atom is 0.306 e. The van der Waals surface area contributed by atoms with Gasteiger partial charge in [-0.25, -0.2) is 0 Å². The van der Waals surface area contributed by atoms with Gasteiger partial charge < -0.3 is 19.7 Å². The Morgan fingerprint density at radius 3 is 2.57 bits per heavy atom. The average Bonchev–Trinajstić information content (AvgIpc) is 3.45. The number of carbonyl (C=O) groups excluding carboxylic acids is 3. The van der Waals surface area contributed by atoms with Crippen molar-refractivity contribution in [1.29, 1.82) is 0 Å². The standard InChI is InChI=1S/C22H26N2O5S/c1-28-19-8-4-16(5-9-19)13-24(18-6-7-18)20(25)14-29-21(26)3-2-11-23-22(27)17-10-12-30-15-17/h4-5,8-10,12,15,18H,2-3,6-7,11,13-14H2,1H3,(H,23,27). The number of rotatable bonds is 11. The van der Waals surface area contributed by atoms with Crippen molar-refractivity contribution in [3.63, 3.8) is 0 Å². The van der Waals surface area contributed by atoms with Crippen LogP contribution in [0, 0.1) is 0 Å². The first-order valence-electron chi connectivity index (χ1n) is 9.95. The number of nitrogens with one attached hydrogen (secondary N) is 1. The van der Waals surface area contributed by atoms with Gasteiger partial charge in [-0.1, -0.05) is 12.1 Å². The molecule has 160 valence electrons. The second-order valence-corrected chi connectivity index (χ2v) is 7.91. The summed E-state index contributed by atoms with van der Waals surface area (Å²) in [4.78, 5) is 38.1. The van der Waals surface area contributed by atoms with Crippen molar-refractivity contribution in [1.82, 2.24) is 10.2 Å². The molecule has 0 aliphatic heterocycles. The molecule has 1 N–H and O–H groups in total. The van der Waals surface area contributed by atoms with Crippen molar-refractivity contribution in [3.05, 3.63) is 52.2 Å². The molecule has 0 saturated heterocycles. The molecule has 0 bridgehead atoms. The molecule has 1 fully saturated rings. The Hall–Kier alpha value is -2.87. The van der Waals surface area contributed by atoms with E-state index >= 15 is 0 Å². The van der Waals surface area contributed by atoms with Crippen molar-refractivity contribution in [2.24, 2.45) is 0 Å². The Labute approximate surface area is 180 Å². The number of hydrogen-bond donors (Lipinski definition) is 1. The van der Waals surface area contributed by atoms with Gasteiger partial charge in [0, 0.05) is 36.5 Å². The Balaban J connectivity index is 1.37. The molecule has 8 heteroatoms. The minimum atomic E-state index is -0.437. The molecule has 3 rings (SSSR count). The molecule has 1 aliphatic rings. The number of ether oxygens (including phenoxy) is 2. The summed E-state index contributed by atoms with van der Waals surface area (Å²) in [7, 11) is 1.61. The zero-order valence-corrected chi connectivity index (χ0v) is 17.8. The molecule has 0 spiro atoms. The normalized spacial score (nSPS) is 12.8. The number of esters is 1. The Morgan fingerprint density at radius 2 is 1.93 bits per heavy atom. The summed E-state index contributed by atoms with van der Waals surface area (Å²) in [6, 6.07) is 9.54. The fourth-order valence-electron chi connectivity index (χ4n) is 2.96. The molecule has 0 radical (unpaired) electrons. The number of nitrogens with zero attached hydrogens (tertiary/aromatic N) is 1. The summed E-state index contributed by atoms with van der Waals surface area (Å²) >= 11 is 1.46. The molecule has 0 atom stereocenters. The monoisotopic (exact) mass is 430 g/mol. The Bertz CT molecular complexity index is 847. The highest BCUT2D eigenvalue weighted by Gasteiger charge is 2.32. The highest BCUT2D eigenvalue weighted by Crippen LogP contribution is 2.28. The van der Waals surface area contributed by atoms with Gasteiger partial charge in [0.05, 0.1) is 7.11 Å². The Kier molecular flexibility index (Phi) is 7.84. The Morgan fingerprint density at radius 1 is 1.17 bits per heavy atom. The van der Waals surface area contributed by atoms with E-state index in [0.717, 1.165) is 24.2 Å². The highest BCUT2D eigenvalue weighted by molar-refractivity contribution is 7.08. The zero-order valence-electron chi connectivity index (χ0n) is 17.0. The van der Waals surface area contributed by atoms with Gasteiger partial charge in [-0.15, -0.1) is 0 Å². The van der Waals surface area contributed by atoms with Crippen molar-refractivity contribution in [2.45, 2.75) is 38.3 Å². The number of amides is 2. The zero-order chi connectivity index (χ0) is 21.3. The van der Waals surface area contributed by atoms with Crippen LogP contribution in [0.15, 0.2) is 41.1 Å². The third-order valence-electron chi connectivity index (χ3n) is 4.80. The third-order valence-corrected chi connectivity index (χ3v) is 5.49. The van der Waals surface area contributed by atoms with Gasteiger partial charge in [-0.2, -0.15) is 11.3 Å². The van der Waals surface area contributed by atoms with Gasteiger partial charge in [0.15, 0.2) is 6.61 Å². The van der Waals surface area contributed by atoms with E-state index < -0.39 is 5.97 Å². The van der Waals surface area contributed by atoms with E-state index in [1.165, 1.54) is 11.3 Å². The van der Waals surface area contributed by atoms with Gasteiger partial charge in [0.2, 0.25) is 0 Å². The van der Waals surface area contributed by atoms with Crippen LogP contribution in [0.25, 0.3) is 0 Å². The number of hydrogen-bond acceptors (Lipinski definition) is 6. The first-order valence-corrected chi connectivity index (χ1v) is 10.9. The van der Waals surface area contributed by atoms with Crippen molar-refractivity contribution < 1.29 is 23.9 Å². The predicted octanol–water partition coefficient (Wildman–Crippen LogP) is 3.00. The van der Waals surface area contributed by atoms with Gasteiger partial charge >= 0.3 is 5.97 Å². The van der Waals surface area contributed by atoms with Crippen LogP contribution in [0.1, 0.15) is 41.6 Å².